The first-order valence-corrected chi connectivity index (χ1v) is 7.51. The van der Waals surface area contributed by atoms with Gasteiger partial charge in [0.25, 0.3) is 0 Å². The highest BCUT2D eigenvalue weighted by Crippen LogP contribution is 2.18. The summed E-state index contributed by atoms with van der Waals surface area (Å²) >= 11 is 0. The lowest BCUT2D eigenvalue weighted by atomic mass is 10.00. The average Bonchev–Trinajstić information content (AvgIpc) is 2.53. The van der Waals surface area contributed by atoms with Gasteiger partial charge in [-0.2, -0.15) is 0 Å². The third kappa shape index (κ3) is 3.54. The van der Waals surface area contributed by atoms with Gasteiger partial charge in [-0.3, -0.25) is 4.79 Å². The molecule has 2 atom stereocenters. The number of methoxy groups -OCH3 is 1. The van der Waals surface area contributed by atoms with Gasteiger partial charge < -0.3 is 19.7 Å². The summed E-state index contributed by atoms with van der Waals surface area (Å²) in [6, 6.07) is 8.36. The van der Waals surface area contributed by atoms with Crippen molar-refractivity contribution in [3.63, 3.8) is 0 Å². The Morgan fingerprint density at radius 3 is 2.95 bits per heavy atom. The summed E-state index contributed by atoms with van der Waals surface area (Å²) in [4.78, 5) is 13.8. The monoisotopic (exact) mass is 290 g/mol. The van der Waals surface area contributed by atoms with Crippen LogP contribution in [0.1, 0.15) is 12.0 Å². The van der Waals surface area contributed by atoms with Gasteiger partial charge in [0.15, 0.2) is 0 Å². The van der Waals surface area contributed by atoms with Crippen molar-refractivity contribution in [3.8, 4) is 5.75 Å². The van der Waals surface area contributed by atoms with Crippen molar-refractivity contribution in [2.75, 3.05) is 33.4 Å². The van der Waals surface area contributed by atoms with Crippen LogP contribution in [0.4, 0.5) is 0 Å². The Labute approximate surface area is 125 Å². The highest BCUT2D eigenvalue weighted by atomic mass is 16.5. The first-order valence-electron chi connectivity index (χ1n) is 7.51. The number of piperidine rings is 1. The Bertz CT molecular complexity index is 489. The number of nitrogens with one attached hydrogen (secondary N) is 1. The molecule has 1 aromatic carbocycles. The van der Waals surface area contributed by atoms with E-state index in [1.165, 1.54) is 5.56 Å². The number of morpholine rings is 1. The van der Waals surface area contributed by atoms with Gasteiger partial charge >= 0.3 is 0 Å². The average molecular weight is 290 g/mol. The van der Waals surface area contributed by atoms with Gasteiger partial charge in [-0.15, -0.1) is 0 Å². The van der Waals surface area contributed by atoms with Gasteiger partial charge in [0.2, 0.25) is 5.91 Å². The summed E-state index contributed by atoms with van der Waals surface area (Å²) in [5.41, 5.74) is 1.31. The maximum absolute atomic E-state index is 11.4. The zero-order valence-electron chi connectivity index (χ0n) is 12.4. The summed E-state index contributed by atoms with van der Waals surface area (Å²) in [6.45, 7) is 3.14. The van der Waals surface area contributed by atoms with E-state index in [4.69, 9.17) is 9.47 Å². The fraction of sp³-hybridized carbons (Fsp3) is 0.562. The van der Waals surface area contributed by atoms with Crippen molar-refractivity contribution in [1.82, 2.24) is 10.2 Å². The Balaban J connectivity index is 1.50. The molecule has 0 spiro atoms. The number of nitrogens with zero attached hydrogens (tertiary/aromatic N) is 1. The molecule has 2 aliphatic heterocycles. The first-order chi connectivity index (χ1) is 10.2. The van der Waals surface area contributed by atoms with E-state index in [0.717, 1.165) is 38.2 Å². The van der Waals surface area contributed by atoms with Crippen LogP contribution in [0.5, 0.6) is 5.75 Å². The smallest absolute Gasteiger partial charge is 0.246 e. The molecule has 1 N–H and O–H groups in total. The third-order valence-electron chi connectivity index (χ3n) is 4.28. The van der Waals surface area contributed by atoms with Crippen molar-refractivity contribution < 1.29 is 14.3 Å². The molecule has 1 amide bonds. The Kier molecular flexibility index (Phi) is 4.41. The van der Waals surface area contributed by atoms with Crippen LogP contribution in [0.2, 0.25) is 0 Å². The Morgan fingerprint density at radius 1 is 1.38 bits per heavy atom. The molecule has 0 bridgehead atoms. The van der Waals surface area contributed by atoms with Gasteiger partial charge in [-0.1, -0.05) is 12.1 Å². The highest BCUT2D eigenvalue weighted by Gasteiger charge is 2.34. The van der Waals surface area contributed by atoms with Crippen LogP contribution in [0, 0.1) is 0 Å². The Hall–Kier alpha value is -1.59. The highest BCUT2D eigenvalue weighted by molar-refractivity contribution is 5.78. The molecule has 3 rings (SSSR count). The van der Waals surface area contributed by atoms with E-state index in [9.17, 15) is 4.79 Å². The van der Waals surface area contributed by atoms with E-state index in [-0.39, 0.29) is 24.7 Å². The molecule has 21 heavy (non-hydrogen) atoms. The van der Waals surface area contributed by atoms with Gasteiger partial charge in [-0.25, -0.2) is 0 Å². The molecule has 2 aliphatic rings. The van der Waals surface area contributed by atoms with Crippen LogP contribution in [-0.2, 0) is 16.0 Å². The molecule has 0 radical (unpaired) electrons. The fourth-order valence-corrected chi connectivity index (χ4v) is 3.05. The molecule has 2 heterocycles. The molecule has 0 aliphatic carbocycles. The number of ether oxygens (including phenoxy) is 2. The summed E-state index contributed by atoms with van der Waals surface area (Å²) in [7, 11) is 1.68. The summed E-state index contributed by atoms with van der Waals surface area (Å²) in [5.74, 6) is 0.898. The molecule has 114 valence electrons. The summed E-state index contributed by atoms with van der Waals surface area (Å²) in [6.07, 6.45) is 2.20. The number of carbonyl (C=O) groups is 1. The minimum atomic E-state index is 0.00764. The minimum Gasteiger partial charge on any atom is -0.497 e. The third-order valence-corrected chi connectivity index (χ3v) is 4.28. The molecular formula is C16H22N2O3. The van der Waals surface area contributed by atoms with E-state index in [1.54, 1.807) is 7.11 Å². The fourth-order valence-electron chi connectivity index (χ4n) is 3.05. The second kappa shape index (κ2) is 6.45. The van der Waals surface area contributed by atoms with Crippen molar-refractivity contribution in [2.24, 2.45) is 0 Å². The molecular weight excluding hydrogens is 268 g/mol. The quantitative estimate of drug-likeness (QED) is 0.892. The van der Waals surface area contributed by atoms with E-state index in [0.29, 0.717) is 0 Å². The standard InChI is InChI=1S/C16H22N2O3/c1-20-13-4-2-12(3-5-13)6-8-18-9-7-15-14(10-18)17-16(19)11-21-15/h2-5,14-15H,6-11H2,1H3,(H,17,19)/t14-,15+/m0/s1. The summed E-state index contributed by atoms with van der Waals surface area (Å²) < 4.78 is 10.7. The van der Waals surface area contributed by atoms with Crippen molar-refractivity contribution in [2.45, 2.75) is 25.0 Å². The molecule has 5 nitrogen and oxygen atoms in total. The van der Waals surface area contributed by atoms with Crippen molar-refractivity contribution in [1.29, 1.82) is 0 Å². The summed E-state index contributed by atoms with van der Waals surface area (Å²) in [5, 5.41) is 3.04. The lowest BCUT2D eigenvalue weighted by Crippen LogP contribution is -2.60. The normalized spacial score (nSPS) is 26.0. The second-order valence-corrected chi connectivity index (χ2v) is 5.71. The number of hydrogen-bond acceptors (Lipinski definition) is 4. The van der Waals surface area contributed by atoms with Crippen LogP contribution in [0.3, 0.4) is 0 Å². The van der Waals surface area contributed by atoms with Gasteiger partial charge in [-0.05, 0) is 30.5 Å². The lowest BCUT2D eigenvalue weighted by molar-refractivity contribution is -0.140. The number of rotatable bonds is 4. The van der Waals surface area contributed by atoms with Crippen LogP contribution >= 0.6 is 0 Å². The Morgan fingerprint density at radius 2 is 2.19 bits per heavy atom. The molecule has 0 aromatic heterocycles. The number of likely N-dealkylation sites (tertiary alicyclic amines) is 1. The maximum atomic E-state index is 11.4. The molecule has 2 fully saturated rings. The molecule has 0 saturated carbocycles. The molecule has 2 saturated heterocycles. The van der Waals surface area contributed by atoms with E-state index < -0.39 is 0 Å². The largest absolute Gasteiger partial charge is 0.497 e. The predicted molar refractivity (Wildman–Crippen MR) is 79.4 cm³/mol. The van der Waals surface area contributed by atoms with Crippen LogP contribution in [-0.4, -0.2) is 56.3 Å². The van der Waals surface area contributed by atoms with E-state index >= 15 is 0 Å². The van der Waals surface area contributed by atoms with Gasteiger partial charge in [0.1, 0.15) is 12.4 Å². The lowest BCUT2D eigenvalue weighted by Gasteiger charge is -2.41. The second-order valence-electron chi connectivity index (χ2n) is 5.71. The van der Waals surface area contributed by atoms with E-state index in [1.807, 2.05) is 12.1 Å². The van der Waals surface area contributed by atoms with Crippen molar-refractivity contribution >= 4 is 5.91 Å². The van der Waals surface area contributed by atoms with Crippen LogP contribution in [0.25, 0.3) is 0 Å². The molecule has 0 unspecified atom stereocenters. The number of carbonyl (C=O) groups excluding carboxylic acids is 1. The van der Waals surface area contributed by atoms with Gasteiger partial charge in [0.05, 0.1) is 19.3 Å². The van der Waals surface area contributed by atoms with E-state index in [2.05, 4.69) is 22.3 Å². The number of benzene rings is 1. The van der Waals surface area contributed by atoms with Crippen LogP contribution in [0.15, 0.2) is 24.3 Å². The number of amides is 1. The van der Waals surface area contributed by atoms with Crippen LogP contribution < -0.4 is 10.1 Å². The topological polar surface area (TPSA) is 50.8 Å². The SMILES string of the molecule is COc1ccc(CCN2CC[C@H]3OCC(=O)N[C@H]3C2)cc1. The van der Waals surface area contributed by atoms with Gasteiger partial charge in [0, 0.05) is 19.6 Å². The number of fused-ring (bicyclic) bond motifs is 1. The number of hydrogen-bond donors (Lipinski definition) is 1. The molecule has 1 aromatic rings. The van der Waals surface area contributed by atoms with Crippen molar-refractivity contribution in [3.05, 3.63) is 29.8 Å². The molecule has 5 heteroatoms. The maximum Gasteiger partial charge on any atom is 0.246 e. The first kappa shape index (κ1) is 14.4. The zero-order chi connectivity index (χ0) is 14.7. The predicted octanol–water partition coefficient (Wildman–Crippen LogP) is 0.827. The zero-order valence-corrected chi connectivity index (χ0v) is 12.4. The minimum absolute atomic E-state index is 0.00764.